The molecule has 2 aliphatic rings. The fourth-order valence-corrected chi connectivity index (χ4v) is 2.72. The smallest absolute Gasteiger partial charge is 0.232 e. The molecule has 0 atom stereocenters. The number of nitrogens with one attached hydrogen (secondary N) is 1. The van der Waals surface area contributed by atoms with Crippen molar-refractivity contribution >= 4 is 10.9 Å². The second-order valence-corrected chi connectivity index (χ2v) is 5.89. The Kier molecular flexibility index (Phi) is 2.59. The lowest BCUT2D eigenvalue weighted by atomic mass is 10.0. The molecule has 22 heavy (non-hydrogen) atoms. The molecule has 0 bridgehead atoms. The van der Waals surface area contributed by atoms with Crippen LogP contribution in [0.15, 0.2) is 28.9 Å². The molecule has 3 aromatic rings. The van der Waals surface area contributed by atoms with Crippen molar-refractivity contribution in [1.29, 1.82) is 0 Å². The first-order valence-corrected chi connectivity index (χ1v) is 7.48. The van der Waals surface area contributed by atoms with Crippen LogP contribution in [0.25, 0.3) is 22.3 Å². The van der Waals surface area contributed by atoms with Gasteiger partial charge in [-0.1, -0.05) is 17.3 Å². The van der Waals surface area contributed by atoms with E-state index < -0.39 is 0 Å². The maximum absolute atomic E-state index is 5.36. The maximum atomic E-state index is 5.36. The molecule has 2 fully saturated rings. The highest BCUT2D eigenvalue weighted by molar-refractivity contribution is 5.82. The molecule has 2 aliphatic heterocycles. The van der Waals surface area contributed by atoms with Crippen LogP contribution < -0.4 is 5.32 Å². The Morgan fingerprint density at radius 2 is 2.14 bits per heavy atom. The van der Waals surface area contributed by atoms with Crippen LogP contribution in [-0.4, -0.2) is 46.2 Å². The van der Waals surface area contributed by atoms with Gasteiger partial charge in [-0.3, -0.25) is 4.68 Å². The SMILES string of the molecule is c1cc2cn(C3COC3)nc2cc1-c1noc(C2CNC2)n1. The lowest BCUT2D eigenvalue weighted by Crippen LogP contribution is -2.40. The summed E-state index contributed by atoms with van der Waals surface area (Å²) in [6.07, 6.45) is 2.06. The molecule has 7 heteroatoms. The van der Waals surface area contributed by atoms with Crippen LogP contribution in [-0.2, 0) is 4.74 Å². The van der Waals surface area contributed by atoms with Gasteiger partial charge in [-0.05, 0) is 6.07 Å². The Morgan fingerprint density at radius 1 is 1.23 bits per heavy atom. The number of benzene rings is 1. The van der Waals surface area contributed by atoms with Gasteiger partial charge in [0.15, 0.2) is 0 Å². The predicted molar refractivity (Wildman–Crippen MR) is 78.5 cm³/mol. The molecule has 0 spiro atoms. The van der Waals surface area contributed by atoms with Gasteiger partial charge in [0.25, 0.3) is 0 Å². The van der Waals surface area contributed by atoms with E-state index in [1.807, 2.05) is 16.8 Å². The van der Waals surface area contributed by atoms with Gasteiger partial charge in [-0.25, -0.2) is 0 Å². The fourth-order valence-electron chi connectivity index (χ4n) is 2.72. The monoisotopic (exact) mass is 297 g/mol. The summed E-state index contributed by atoms with van der Waals surface area (Å²) in [5.74, 6) is 1.69. The average Bonchev–Trinajstić information content (AvgIpc) is 3.00. The van der Waals surface area contributed by atoms with Crippen molar-refractivity contribution in [3.63, 3.8) is 0 Å². The second-order valence-electron chi connectivity index (χ2n) is 5.89. The molecular weight excluding hydrogens is 282 g/mol. The molecule has 1 aromatic carbocycles. The molecule has 7 nitrogen and oxygen atoms in total. The molecule has 112 valence electrons. The van der Waals surface area contributed by atoms with Gasteiger partial charge in [0, 0.05) is 30.2 Å². The number of ether oxygens (including phenoxy) is 1. The van der Waals surface area contributed by atoms with Crippen molar-refractivity contribution < 1.29 is 9.26 Å². The van der Waals surface area contributed by atoms with Crippen LogP contribution >= 0.6 is 0 Å². The highest BCUT2D eigenvalue weighted by atomic mass is 16.5. The summed E-state index contributed by atoms with van der Waals surface area (Å²) in [4.78, 5) is 4.51. The Labute approximate surface area is 126 Å². The standard InChI is InChI=1S/C15H15N5O2/c1-2-10-6-20(12-7-21-8-12)18-13(10)3-9(1)14-17-15(22-19-14)11-4-16-5-11/h1-3,6,11-12,16H,4-5,7-8H2. The maximum Gasteiger partial charge on any atom is 0.232 e. The zero-order valence-electron chi connectivity index (χ0n) is 11.9. The molecule has 5 rings (SSSR count). The van der Waals surface area contributed by atoms with Gasteiger partial charge in [0.05, 0.1) is 30.7 Å². The number of hydrogen-bond acceptors (Lipinski definition) is 6. The zero-order valence-corrected chi connectivity index (χ0v) is 11.9. The molecule has 0 aliphatic carbocycles. The number of hydrogen-bond donors (Lipinski definition) is 1. The van der Waals surface area contributed by atoms with E-state index in [1.54, 1.807) is 0 Å². The Balaban J connectivity index is 1.49. The predicted octanol–water partition coefficient (Wildman–Crippen LogP) is 1.34. The number of aromatic nitrogens is 4. The minimum absolute atomic E-state index is 0.350. The summed E-state index contributed by atoms with van der Waals surface area (Å²) >= 11 is 0. The van der Waals surface area contributed by atoms with E-state index >= 15 is 0 Å². The second kappa shape index (κ2) is 4.62. The summed E-state index contributed by atoms with van der Waals surface area (Å²) in [6, 6.07) is 6.44. The summed E-state index contributed by atoms with van der Waals surface area (Å²) in [5, 5.41) is 13.0. The third-order valence-electron chi connectivity index (χ3n) is 4.35. The zero-order chi connectivity index (χ0) is 14.5. The number of nitrogens with zero attached hydrogens (tertiary/aromatic N) is 4. The van der Waals surface area contributed by atoms with Crippen LogP contribution in [0.2, 0.25) is 0 Å². The van der Waals surface area contributed by atoms with E-state index in [4.69, 9.17) is 9.26 Å². The van der Waals surface area contributed by atoms with Crippen molar-refractivity contribution in [2.24, 2.45) is 0 Å². The molecule has 4 heterocycles. The van der Waals surface area contributed by atoms with Gasteiger partial charge >= 0.3 is 0 Å². The van der Waals surface area contributed by atoms with Crippen LogP contribution in [0.3, 0.4) is 0 Å². The van der Waals surface area contributed by atoms with E-state index in [2.05, 4.69) is 32.8 Å². The van der Waals surface area contributed by atoms with E-state index in [1.165, 1.54) is 0 Å². The van der Waals surface area contributed by atoms with Gasteiger partial charge in [0.1, 0.15) is 0 Å². The van der Waals surface area contributed by atoms with E-state index in [-0.39, 0.29) is 0 Å². The van der Waals surface area contributed by atoms with Crippen molar-refractivity contribution in [2.75, 3.05) is 26.3 Å². The first kappa shape index (κ1) is 12.3. The quantitative estimate of drug-likeness (QED) is 0.786. The van der Waals surface area contributed by atoms with Gasteiger partial charge < -0.3 is 14.6 Å². The van der Waals surface area contributed by atoms with Crippen LogP contribution in [0.1, 0.15) is 17.9 Å². The van der Waals surface area contributed by atoms with Crippen LogP contribution in [0.4, 0.5) is 0 Å². The molecule has 0 saturated carbocycles. The number of fused-ring (bicyclic) bond motifs is 1. The summed E-state index contributed by atoms with van der Waals surface area (Å²) in [7, 11) is 0. The lowest BCUT2D eigenvalue weighted by molar-refractivity contribution is -0.0283. The summed E-state index contributed by atoms with van der Waals surface area (Å²) in [6.45, 7) is 3.30. The third-order valence-corrected chi connectivity index (χ3v) is 4.35. The third kappa shape index (κ3) is 1.86. The van der Waals surface area contributed by atoms with Gasteiger partial charge in [-0.2, -0.15) is 10.1 Å². The molecular formula is C15H15N5O2. The fraction of sp³-hybridized carbons (Fsp3) is 0.400. The largest absolute Gasteiger partial charge is 0.377 e. The number of rotatable bonds is 3. The van der Waals surface area contributed by atoms with Crippen LogP contribution in [0.5, 0.6) is 0 Å². The van der Waals surface area contributed by atoms with Crippen molar-refractivity contribution in [1.82, 2.24) is 25.2 Å². The Morgan fingerprint density at radius 3 is 2.86 bits per heavy atom. The Bertz CT molecular complexity index is 831. The van der Waals surface area contributed by atoms with Crippen molar-refractivity contribution in [2.45, 2.75) is 12.0 Å². The van der Waals surface area contributed by atoms with Crippen molar-refractivity contribution in [3.05, 3.63) is 30.3 Å². The van der Waals surface area contributed by atoms with Gasteiger partial charge in [0.2, 0.25) is 11.7 Å². The van der Waals surface area contributed by atoms with Crippen molar-refractivity contribution in [3.8, 4) is 11.4 Å². The summed E-state index contributed by atoms with van der Waals surface area (Å²) < 4.78 is 12.6. The molecule has 0 unspecified atom stereocenters. The highest BCUT2D eigenvalue weighted by Crippen LogP contribution is 2.26. The molecule has 0 amide bonds. The average molecular weight is 297 g/mol. The lowest BCUT2D eigenvalue weighted by Gasteiger charge is -2.25. The first-order chi connectivity index (χ1) is 10.9. The highest BCUT2D eigenvalue weighted by Gasteiger charge is 2.25. The van der Waals surface area contributed by atoms with E-state index in [0.717, 1.165) is 42.8 Å². The molecule has 2 aromatic heterocycles. The molecule has 2 saturated heterocycles. The van der Waals surface area contributed by atoms with E-state index in [0.29, 0.717) is 23.7 Å². The topological polar surface area (TPSA) is 78.0 Å². The molecule has 1 N–H and O–H groups in total. The van der Waals surface area contributed by atoms with Gasteiger partial charge in [-0.15, -0.1) is 0 Å². The normalized spacial score (nSPS) is 19.3. The van der Waals surface area contributed by atoms with E-state index in [9.17, 15) is 0 Å². The minimum atomic E-state index is 0.350. The summed E-state index contributed by atoms with van der Waals surface area (Å²) in [5.41, 5.74) is 1.88. The van der Waals surface area contributed by atoms with Crippen LogP contribution in [0, 0.1) is 0 Å². The minimum Gasteiger partial charge on any atom is -0.377 e. The Hall–Kier alpha value is -2.25. The first-order valence-electron chi connectivity index (χ1n) is 7.48. The molecule has 0 radical (unpaired) electrons.